The van der Waals surface area contributed by atoms with Crippen LogP contribution < -0.4 is 4.90 Å². The number of rotatable bonds is 11. The second-order valence-electron chi connectivity index (χ2n) is 20.3. The third kappa shape index (κ3) is 6.77. The SMILES string of the molecule is CC1(C)c2ccccc2-c2ccc(N(c3cccc(-c4cccc5c4-c4ccccc4[C@]5(C/C=C\C=C/CS)c4ccccc4)c3)c3cccc4c3-c3ccccc3C4(c3ccccc3)c3ccccc3)cc21. The summed E-state index contributed by atoms with van der Waals surface area (Å²) in [5.74, 6) is 0.709. The first kappa shape index (κ1) is 44.7. The number of nitrogens with zero attached hydrogens (tertiary/aromatic N) is 1. The molecule has 0 heterocycles. The Hall–Kier alpha value is -8.17. The Labute approximate surface area is 435 Å². The van der Waals surface area contributed by atoms with Gasteiger partial charge in [0, 0.05) is 33.5 Å². The van der Waals surface area contributed by atoms with Crippen molar-refractivity contribution in [3.8, 4) is 44.5 Å². The van der Waals surface area contributed by atoms with Gasteiger partial charge >= 0.3 is 0 Å². The minimum absolute atomic E-state index is 0.183. The van der Waals surface area contributed by atoms with Crippen molar-refractivity contribution >= 4 is 29.7 Å². The average Bonchev–Trinajstić information content (AvgIpc) is 4.01. The second kappa shape index (κ2) is 17.8. The van der Waals surface area contributed by atoms with E-state index < -0.39 is 5.41 Å². The molecule has 0 unspecified atom stereocenters. The summed E-state index contributed by atoms with van der Waals surface area (Å²) in [6.45, 7) is 4.77. The number of hydrogen-bond donors (Lipinski definition) is 1. The van der Waals surface area contributed by atoms with E-state index in [4.69, 9.17) is 0 Å². The third-order valence-corrected chi connectivity index (χ3v) is 16.5. The van der Waals surface area contributed by atoms with E-state index in [0.29, 0.717) is 5.75 Å². The average molecular weight is 954 g/mol. The lowest BCUT2D eigenvalue weighted by molar-refractivity contribution is 0.645. The van der Waals surface area contributed by atoms with Crippen LogP contribution in [0.4, 0.5) is 17.1 Å². The highest BCUT2D eigenvalue weighted by Crippen LogP contribution is 2.61. The van der Waals surface area contributed by atoms with Gasteiger partial charge in [0.15, 0.2) is 0 Å². The zero-order valence-corrected chi connectivity index (χ0v) is 42.1. The normalized spacial score (nSPS) is 16.2. The maximum atomic E-state index is 4.44. The van der Waals surface area contributed by atoms with Gasteiger partial charge in [-0.3, -0.25) is 0 Å². The monoisotopic (exact) mass is 953 g/mol. The predicted octanol–water partition coefficient (Wildman–Crippen LogP) is 18.2. The maximum absolute atomic E-state index is 4.44. The molecule has 3 aliphatic rings. The van der Waals surface area contributed by atoms with Crippen molar-refractivity contribution in [1.29, 1.82) is 0 Å². The van der Waals surface area contributed by atoms with E-state index in [1.807, 2.05) is 0 Å². The molecule has 0 radical (unpaired) electrons. The van der Waals surface area contributed by atoms with Gasteiger partial charge in [0.25, 0.3) is 0 Å². The first-order valence-corrected chi connectivity index (χ1v) is 26.3. The molecule has 2 heteroatoms. The molecular weight excluding hydrogens is 899 g/mol. The molecule has 0 aliphatic heterocycles. The smallest absolute Gasteiger partial charge is 0.0714 e. The van der Waals surface area contributed by atoms with E-state index in [-0.39, 0.29) is 10.8 Å². The molecule has 0 aromatic heterocycles. The summed E-state index contributed by atoms with van der Waals surface area (Å²) in [5.41, 5.74) is 24.2. The molecule has 0 spiro atoms. The molecule has 0 fully saturated rings. The standard InChI is InChI=1S/C71H55NS/c1-69(2)60-37-17-14-33-56(60)57-44-43-54(48-65(57)69)72(66-42-24-41-64-68(66)59-35-16-19-39-62(59)71(64,51-28-10-6-11-29-51)52-30-12-7-13-31-52)53-32-22-25-49(47-53)55-36-23-40-63-67(55)58-34-15-18-38-61(58)70(63,45-20-3-4-21-46-73)50-26-8-5-9-27-50/h3-44,47-48,73H,45-46H2,1-2H3/b20-3-,21-4-/t70-/m0/s1. The topological polar surface area (TPSA) is 3.24 Å². The molecule has 0 bridgehead atoms. The fraction of sp³-hybridized carbons (Fsp3) is 0.0986. The van der Waals surface area contributed by atoms with Crippen molar-refractivity contribution in [2.75, 3.05) is 10.7 Å². The van der Waals surface area contributed by atoms with Crippen LogP contribution in [-0.4, -0.2) is 5.75 Å². The van der Waals surface area contributed by atoms with Crippen LogP contribution in [0.3, 0.4) is 0 Å². The molecular formula is C71H55NS. The first-order valence-electron chi connectivity index (χ1n) is 25.7. The summed E-state index contributed by atoms with van der Waals surface area (Å²) < 4.78 is 0. The third-order valence-electron chi connectivity index (χ3n) is 16.3. The Morgan fingerprint density at radius 3 is 1.62 bits per heavy atom. The summed E-state index contributed by atoms with van der Waals surface area (Å²) in [6.07, 6.45) is 9.55. The van der Waals surface area contributed by atoms with Gasteiger partial charge in [-0.1, -0.05) is 250 Å². The highest BCUT2D eigenvalue weighted by atomic mass is 32.1. The zero-order valence-electron chi connectivity index (χ0n) is 41.2. The van der Waals surface area contributed by atoms with E-state index in [1.165, 1.54) is 94.6 Å². The highest BCUT2D eigenvalue weighted by Gasteiger charge is 2.48. The minimum atomic E-state index is -0.541. The molecule has 0 amide bonds. The molecule has 1 nitrogen and oxygen atoms in total. The quantitative estimate of drug-likeness (QED) is 0.0999. The number of hydrogen-bond acceptors (Lipinski definition) is 2. The summed E-state index contributed by atoms with van der Waals surface area (Å²) in [7, 11) is 0. The van der Waals surface area contributed by atoms with Gasteiger partial charge in [0.1, 0.15) is 0 Å². The molecule has 0 saturated heterocycles. The molecule has 10 aromatic carbocycles. The lowest BCUT2D eigenvalue weighted by Crippen LogP contribution is -2.28. The summed E-state index contributed by atoms with van der Waals surface area (Å²) in [4.78, 5) is 2.55. The van der Waals surface area contributed by atoms with Crippen molar-refractivity contribution in [3.05, 3.63) is 317 Å². The van der Waals surface area contributed by atoms with E-state index in [1.54, 1.807) is 0 Å². The van der Waals surface area contributed by atoms with Gasteiger partial charge in [0.05, 0.1) is 11.1 Å². The van der Waals surface area contributed by atoms with Gasteiger partial charge in [-0.25, -0.2) is 0 Å². The van der Waals surface area contributed by atoms with Gasteiger partial charge < -0.3 is 4.90 Å². The molecule has 0 saturated carbocycles. The molecule has 13 rings (SSSR count). The number of anilines is 3. The lowest BCUT2D eigenvalue weighted by Gasteiger charge is -2.34. The van der Waals surface area contributed by atoms with Gasteiger partial charge in [0.2, 0.25) is 0 Å². The van der Waals surface area contributed by atoms with Gasteiger partial charge in [-0.05, 0) is 126 Å². The van der Waals surface area contributed by atoms with Gasteiger partial charge in [-0.2, -0.15) is 12.6 Å². The van der Waals surface area contributed by atoms with Crippen molar-refractivity contribution in [2.45, 2.75) is 36.5 Å². The molecule has 10 aromatic rings. The first-order chi connectivity index (χ1) is 36.0. The van der Waals surface area contributed by atoms with Crippen LogP contribution in [0.1, 0.15) is 70.3 Å². The summed E-state index contributed by atoms with van der Waals surface area (Å²) in [5, 5.41) is 0. The summed E-state index contributed by atoms with van der Waals surface area (Å²) >= 11 is 4.44. The Morgan fingerprint density at radius 2 is 0.904 bits per heavy atom. The predicted molar refractivity (Wildman–Crippen MR) is 310 cm³/mol. The van der Waals surface area contributed by atoms with E-state index in [9.17, 15) is 0 Å². The fourth-order valence-electron chi connectivity index (χ4n) is 13.2. The van der Waals surface area contributed by atoms with E-state index in [0.717, 1.165) is 23.5 Å². The van der Waals surface area contributed by atoms with Crippen molar-refractivity contribution in [2.24, 2.45) is 0 Å². The molecule has 73 heavy (non-hydrogen) atoms. The largest absolute Gasteiger partial charge is 0.310 e. The van der Waals surface area contributed by atoms with Crippen molar-refractivity contribution in [1.82, 2.24) is 0 Å². The Bertz CT molecular complexity index is 3750. The number of benzene rings is 10. The van der Waals surface area contributed by atoms with Gasteiger partial charge in [-0.15, -0.1) is 0 Å². The van der Waals surface area contributed by atoms with Crippen LogP contribution in [-0.2, 0) is 16.2 Å². The number of thiol groups is 1. The number of fused-ring (bicyclic) bond motifs is 9. The van der Waals surface area contributed by atoms with Crippen LogP contribution in [0, 0.1) is 0 Å². The van der Waals surface area contributed by atoms with Crippen LogP contribution in [0.15, 0.2) is 267 Å². The van der Waals surface area contributed by atoms with Crippen LogP contribution >= 0.6 is 12.6 Å². The maximum Gasteiger partial charge on any atom is 0.0714 e. The zero-order chi connectivity index (χ0) is 49.2. The second-order valence-corrected chi connectivity index (χ2v) is 20.7. The van der Waals surface area contributed by atoms with Crippen molar-refractivity contribution < 1.29 is 0 Å². The Morgan fingerprint density at radius 1 is 0.384 bits per heavy atom. The Balaban J connectivity index is 1.06. The van der Waals surface area contributed by atoms with Crippen LogP contribution in [0.25, 0.3) is 44.5 Å². The van der Waals surface area contributed by atoms with E-state index in [2.05, 4.69) is 298 Å². The fourth-order valence-corrected chi connectivity index (χ4v) is 13.3. The highest BCUT2D eigenvalue weighted by molar-refractivity contribution is 7.80. The molecule has 0 N–H and O–H groups in total. The lowest BCUT2D eigenvalue weighted by atomic mass is 9.68. The summed E-state index contributed by atoms with van der Waals surface area (Å²) in [6, 6.07) is 91.1. The van der Waals surface area contributed by atoms with Crippen LogP contribution in [0.2, 0.25) is 0 Å². The van der Waals surface area contributed by atoms with Crippen molar-refractivity contribution in [3.63, 3.8) is 0 Å². The minimum Gasteiger partial charge on any atom is -0.310 e. The van der Waals surface area contributed by atoms with E-state index >= 15 is 0 Å². The molecule has 350 valence electrons. The number of allylic oxidation sites excluding steroid dienone is 3. The molecule has 1 atom stereocenters. The molecule has 3 aliphatic carbocycles. The Kier molecular flexibility index (Phi) is 10.9. The van der Waals surface area contributed by atoms with Crippen LogP contribution in [0.5, 0.6) is 0 Å².